The molecule has 3 N–H and O–H groups in total. The van der Waals surface area contributed by atoms with Crippen LogP contribution in [0.25, 0.3) is 11.2 Å². The van der Waals surface area contributed by atoms with Gasteiger partial charge < -0.3 is 15.5 Å². The van der Waals surface area contributed by atoms with E-state index < -0.39 is 0 Å². The number of rotatable bonds is 5. The summed E-state index contributed by atoms with van der Waals surface area (Å²) in [5, 5.41) is 0. The zero-order valence-corrected chi connectivity index (χ0v) is 11.9. The lowest BCUT2D eigenvalue weighted by atomic mass is 10.1. The summed E-state index contributed by atoms with van der Waals surface area (Å²) in [5.74, 6) is 1.32. The molecule has 0 aliphatic heterocycles. The fourth-order valence-electron chi connectivity index (χ4n) is 2.29. The fourth-order valence-corrected chi connectivity index (χ4v) is 2.29. The van der Waals surface area contributed by atoms with E-state index in [1.54, 1.807) is 13.2 Å². The molecule has 1 atom stereocenters. The number of aryl methyl sites for hydroxylation is 1. The third-order valence-electron chi connectivity index (χ3n) is 3.49. The number of aromatic amines is 1. The van der Waals surface area contributed by atoms with Gasteiger partial charge in [0.2, 0.25) is 5.88 Å². The van der Waals surface area contributed by atoms with Crippen LogP contribution in [0.5, 0.6) is 5.88 Å². The molecular weight excluding hydrogens is 264 g/mol. The number of nitrogens with one attached hydrogen (secondary N) is 1. The molecule has 1 unspecified atom stereocenters. The van der Waals surface area contributed by atoms with Gasteiger partial charge in [0.05, 0.1) is 18.7 Å². The zero-order valence-electron chi connectivity index (χ0n) is 11.9. The van der Waals surface area contributed by atoms with Crippen molar-refractivity contribution in [2.24, 2.45) is 5.73 Å². The van der Waals surface area contributed by atoms with Gasteiger partial charge in [-0.05, 0) is 24.5 Å². The van der Waals surface area contributed by atoms with Crippen LogP contribution >= 0.6 is 0 Å². The summed E-state index contributed by atoms with van der Waals surface area (Å²) in [7, 11) is 1.59. The van der Waals surface area contributed by atoms with Gasteiger partial charge in [0, 0.05) is 6.07 Å². The predicted molar refractivity (Wildman–Crippen MR) is 82.1 cm³/mol. The van der Waals surface area contributed by atoms with Gasteiger partial charge in [-0.1, -0.05) is 30.3 Å². The summed E-state index contributed by atoms with van der Waals surface area (Å²) >= 11 is 0. The molecule has 1 aromatic carbocycles. The highest BCUT2D eigenvalue weighted by atomic mass is 16.5. The number of ether oxygens (including phenoxy) is 1. The van der Waals surface area contributed by atoms with E-state index in [9.17, 15) is 0 Å². The summed E-state index contributed by atoms with van der Waals surface area (Å²) < 4.78 is 5.10. The number of fused-ring (bicyclic) bond motifs is 1. The van der Waals surface area contributed by atoms with Gasteiger partial charge in [-0.3, -0.25) is 0 Å². The number of hydrogen-bond donors (Lipinski definition) is 2. The van der Waals surface area contributed by atoms with Crippen molar-refractivity contribution in [1.82, 2.24) is 15.0 Å². The summed E-state index contributed by atoms with van der Waals surface area (Å²) in [6.07, 6.45) is 1.76. The van der Waals surface area contributed by atoms with Gasteiger partial charge in [0.15, 0.2) is 5.65 Å². The molecule has 0 radical (unpaired) electrons. The maximum Gasteiger partial charge on any atom is 0.215 e. The maximum atomic E-state index is 6.22. The van der Waals surface area contributed by atoms with Crippen molar-refractivity contribution in [1.29, 1.82) is 0 Å². The highest BCUT2D eigenvalue weighted by Crippen LogP contribution is 2.19. The number of nitrogens with two attached hydrogens (primary N) is 1. The molecule has 108 valence electrons. The first-order valence-corrected chi connectivity index (χ1v) is 6.96. The van der Waals surface area contributed by atoms with Crippen molar-refractivity contribution in [2.45, 2.75) is 18.9 Å². The van der Waals surface area contributed by atoms with E-state index in [-0.39, 0.29) is 6.04 Å². The van der Waals surface area contributed by atoms with Crippen LogP contribution in [0.1, 0.15) is 23.9 Å². The van der Waals surface area contributed by atoms with Crippen LogP contribution in [0.4, 0.5) is 0 Å². The Bertz CT molecular complexity index is 723. The molecule has 0 fully saturated rings. The van der Waals surface area contributed by atoms with Crippen molar-refractivity contribution in [3.63, 3.8) is 0 Å². The van der Waals surface area contributed by atoms with Crippen LogP contribution in [-0.2, 0) is 6.42 Å². The number of methoxy groups -OCH3 is 1. The lowest BCUT2D eigenvalue weighted by Crippen LogP contribution is -2.13. The average Bonchev–Trinajstić information content (AvgIpc) is 2.96. The van der Waals surface area contributed by atoms with E-state index in [0.717, 1.165) is 24.2 Å². The largest absolute Gasteiger partial charge is 0.481 e. The second-order valence-electron chi connectivity index (χ2n) is 4.98. The molecule has 0 spiro atoms. The van der Waals surface area contributed by atoms with E-state index in [2.05, 4.69) is 27.1 Å². The highest BCUT2D eigenvalue weighted by molar-refractivity contribution is 5.71. The molecule has 0 saturated heterocycles. The monoisotopic (exact) mass is 282 g/mol. The molecule has 2 heterocycles. The van der Waals surface area contributed by atoms with Gasteiger partial charge in [-0.25, -0.2) is 4.98 Å². The maximum absolute atomic E-state index is 6.22. The molecule has 5 nitrogen and oxygen atoms in total. The van der Waals surface area contributed by atoms with Crippen LogP contribution in [0.2, 0.25) is 0 Å². The molecule has 0 bridgehead atoms. The lowest BCUT2D eigenvalue weighted by Gasteiger charge is -2.08. The van der Waals surface area contributed by atoms with Crippen molar-refractivity contribution in [3.05, 3.63) is 53.9 Å². The molecule has 3 aromatic rings. The van der Waals surface area contributed by atoms with E-state index in [0.29, 0.717) is 11.5 Å². The number of aromatic nitrogens is 3. The van der Waals surface area contributed by atoms with Crippen LogP contribution in [-0.4, -0.2) is 22.1 Å². The van der Waals surface area contributed by atoms with Gasteiger partial charge in [0.25, 0.3) is 0 Å². The van der Waals surface area contributed by atoms with Crippen LogP contribution in [0.15, 0.2) is 42.5 Å². The minimum atomic E-state index is -0.134. The number of hydrogen-bond acceptors (Lipinski definition) is 4. The smallest absolute Gasteiger partial charge is 0.215 e. The summed E-state index contributed by atoms with van der Waals surface area (Å²) in [6.45, 7) is 0. The third kappa shape index (κ3) is 3.03. The van der Waals surface area contributed by atoms with E-state index >= 15 is 0 Å². The molecule has 0 aliphatic rings. The molecule has 0 amide bonds. The Morgan fingerprint density at radius 2 is 1.95 bits per heavy atom. The van der Waals surface area contributed by atoms with Gasteiger partial charge >= 0.3 is 0 Å². The van der Waals surface area contributed by atoms with Crippen LogP contribution in [0.3, 0.4) is 0 Å². The number of nitrogens with zero attached hydrogens (tertiary/aromatic N) is 2. The first-order chi connectivity index (χ1) is 10.3. The summed E-state index contributed by atoms with van der Waals surface area (Å²) in [6, 6.07) is 13.9. The average molecular weight is 282 g/mol. The van der Waals surface area contributed by atoms with Crippen LogP contribution in [0, 0.1) is 0 Å². The Morgan fingerprint density at radius 1 is 1.14 bits per heavy atom. The second kappa shape index (κ2) is 5.93. The van der Waals surface area contributed by atoms with Gasteiger partial charge in [-0.15, -0.1) is 0 Å². The third-order valence-corrected chi connectivity index (χ3v) is 3.49. The number of pyridine rings is 1. The Labute approximate surface area is 123 Å². The molecule has 0 aliphatic carbocycles. The Balaban J connectivity index is 1.73. The summed E-state index contributed by atoms with van der Waals surface area (Å²) in [5.41, 5.74) is 9.02. The normalized spacial score (nSPS) is 12.5. The second-order valence-corrected chi connectivity index (χ2v) is 4.98. The first kappa shape index (κ1) is 13.6. The molecule has 0 saturated carbocycles. The van der Waals surface area contributed by atoms with Crippen molar-refractivity contribution < 1.29 is 4.74 Å². The number of imidazole rings is 1. The highest BCUT2D eigenvalue weighted by Gasteiger charge is 2.12. The van der Waals surface area contributed by atoms with E-state index in [4.69, 9.17) is 10.5 Å². The quantitative estimate of drug-likeness (QED) is 0.754. The number of H-pyrrole nitrogens is 1. The van der Waals surface area contributed by atoms with Crippen molar-refractivity contribution in [3.8, 4) is 5.88 Å². The minimum absolute atomic E-state index is 0.134. The Hall–Kier alpha value is -2.40. The van der Waals surface area contributed by atoms with Crippen molar-refractivity contribution in [2.75, 3.05) is 7.11 Å². The minimum Gasteiger partial charge on any atom is -0.481 e. The Morgan fingerprint density at radius 3 is 2.71 bits per heavy atom. The number of benzene rings is 1. The van der Waals surface area contributed by atoms with Gasteiger partial charge in [-0.2, -0.15) is 4.98 Å². The lowest BCUT2D eigenvalue weighted by molar-refractivity contribution is 0.399. The molecular formula is C16H18N4O. The predicted octanol–water partition coefficient (Wildman–Crippen LogP) is 2.60. The molecule has 3 rings (SSSR count). The first-order valence-electron chi connectivity index (χ1n) is 6.96. The fraction of sp³-hybridized carbons (Fsp3) is 0.250. The summed E-state index contributed by atoms with van der Waals surface area (Å²) in [4.78, 5) is 12.0. The zero-order chi connectivity index (χ0) is 14.7. The standard InChI is InChI=1S/C16H18N4O/c1-21-14-10-9-13-16(19-14)20-15(18-13)12(17)8-7-11-5-3-2-4-6-11/h2-6,9-10,12H,7-8,17H2,1H3,(H,18,19,20). The molecule has 21 heavy (non-hydrogen) atoms. The molecule has 2 aromatic heterocycles. The topological polar surface area (TPSA) is 76.8 Å². The Kier molecular flexibility index (Phi) is 3.83. The van der Waals surface area contributed by atoms with Gasteiger partial charge in [0.1, 0.15) is 5.82 Å². The van der Waals surface area contributed by atoms with E-state index in [1.807, 2.05) is 24.3 Å². The molecule has 5 heteroatoms. The van der Waals surface area contributed by atoms with E-state index in [1.165, 1.54) is 5.56 Å². The SMILES string of the molecule is COc1ccc2[nH]c(C(N)CCc3ccccc3)nc2n1. The van der Waals surface area contributed by atoms with Crippen LogP contribution < -0.4 is 10.5 Å². The van der Waals surface area contributed by atoms with Crippen molar-refractivity contribution >= 4 is 11.2 Å².